The van der Waals surface area contributed by atoms with E-state index in [-0.39, 0.29) is 16.0 Å². The van der Waals surface area contributed by atoms with E-state index in [1.54, 1.807) is 24.3 Å². The van der Waals surface area contributed by atoms with E-state index in [2.05, 4.69) is 32.1 Å². The molecule has 0 fully saturated rings. The molecule has 2 N–H and O–H groups in total. The number of para-hydroxylation sites is 1. The summed E-state index contributed by atoms with van der Waals surface area (Å²) in [6.45, 7) is 6.81. The quantitative estimate of drug-likeness (QED) is 0.379. The Hall–Kier alpha value is -3.26. The molecule has 5 rings (SSSR count). The molecule has 164 valence electrons. The number of fused-ring (bicyclic) bond motifs is 2. The summed E-state index contributed by atoms with van der Waals surface area (Å²) in [5.74, 6) is -0.734. The molecule has 4 aromatic rings. The van der Waals surface area contributed by atoms with Crippen molar-refractivity contribution in [2.24, 2.45) is 11.3 Å². The van der Waals surface area contributed by atoms with Crippen LogP contribution in [0.1, 0.15) is 53.8 Å². The Bertz CT molecular complexity index is 1340. The van der Waals surface area contributed by atoms with Crippen molar-refractivity contribution in [3.05, 3.63) is 58.2 Å². The van der Waals surface area contributed by atoms with Crippen molar-refractivity contribution >= 4 is 33.0 Å². The zero-order chi connectivity index (χ0) is 22.6. The number of aromatic nitrogens is 3. The lowest BCUT2D eigenvalue weighted by molar-refractivity contribution is -0.672. The van der Waals surface area contributed by atoms with Crippen molar-refractivity contribution in [2.75, 3.05) is 5.73 Å². The van der Waals surface area contributed by atoms with Crippen LogP contribution in [-0.4, -0.2) is 16.0 Å². The van der Waals surface area contributed by atoms with Crippen LogP contribution in [0, 0.1) is 11.3 Å². The summed E-state index contributed by atoms with van der Waals surface area (Å²) in [6, 6.07) is 11.0. The zero-order valence-corrected chi connectivity index (χ0v) is 19.0. The molecule has 1 atom stereocenters. The Morgan fingerprint density at radius 2 is 2.03 bits per heavy atom. The third-order valence-electron chi connectivity index (χ3n) is 6.34. The monoisotopic (exact) mass is 448 g/mol. The minimum Gasteiger partial charge on any atom is -0.539 e. The largest absolute Gasteiger partial charge is 0.539 e. The molecule has 0 spiro atoms. The number of hydrogen-bond donors (Lipinski definition) is 1. The van der Waals surface area contributed by atoms with Gasteiger partial charge in [0.1, 0.15) is 9.71 Å². The van der Waals surface area contributed by atoms with Gasteiger partial charge in [-0.05, 0) is 46.9 Å². The first-order valence-corrected chi connectivity index (χ1v) is 11.5. The topological polar surface area (TPSA) is 109 Å². The highest BCUT2D eigenvalue weighted by Crippen LogP contribution is 2.41. The Balaban J connectivity index is 1.58. The first-order valence-electron chi connectivity index (χ1n) is 10.6. The average Bonchev–Trinajstić information content (AvgIpc) is 3.31. The maximum atomic E-state index is 13.4. The average molecular weight is 449 g/mol. The number of nitrogen functional groups attached to an aromatic ring is 1. The van der Waals surface area contributed by atoms with E-state index < -0.39 is 11.7 Å². The molecule has 3 heterocycles. The van der Waals surface area contributed by atoms with Gasteiger partial charge in [0.05, 0.1) is 11.0 Å². The number of carbonyl (C=O) groups is 1. The number of nitrogens with zero attached hydrogens (tertiary/aromatic N) is 3. The second kappa shape index (κ2) is 7.41. The number of thiophene rings is 1. The molecular weight excluding hydrogens is 424 g/mol. The normalized spacial score (nSPS) is 16.3. The molecular formula is C24H24N4O3S. The van der Waals surface area contributed by atoms with Crippen molar-refractivity contribution in [1.29, 1.82) is 0 Å². The number of rotatable bonds is 3. The van der Waals surface area contributed by atoms with Gasteiger partial charge in [0, 0.05) is 23.2 Å². The number of hydrogen-bond acceptors (Lipinski definition) is 7. The number of benzene rings is 1. The third kappa shape index (κ3) is 3.35. The van der Waals surface area contributed by atoms with Gasteiger partial charge < -0.3 is 15.4 Å². The molecule has 3 aromatic heterocycles. The number of anilines is 1. The molecule has 0 aliphatic heterocycles. The number of pyridine rings is 1. The van der Waals surface area contributed by atoms with E-state index in [9.17, 15) is 9.90 Å². The van der Waals surface area contributed by atoms with Gasteiger partial charge in [-0.15, -0.1) is 11.3 Å². The van der Waals surface area contributed by atoms with E-state index in [0.717, 1.165) is 30.3 Å². The number of ketones is 1. The van der Waals surface area contributed by atoms with Crippen LogP contribution >= 0.6 is 11.3 Å². The van der Waals surface area contributed by atoms with Crippen molar-refractivity contribution in [3.63, 3.8) is 0 Å². The predicted molar refractivity (Wildman–Crippen MR) is 120 cm³/mol. The van der Waals surface area contributed by atoms with Crippen molar-refractivity contribution in [3.8, 4) is 11.6 Å². The summed E-state index contributed by atoms with van der Waals surface area (Å²) in [5.41, 5.74) is 9.65. The lowest BCUT2D eigenvalue weighted by Gasteiger charge is -2.34. The van der Waals surface area contributed by atoms with Gasteiger partial charge in [-0.25, -0.2) is 4.98 Å². The zero-order valence-electron chi connectivity index (χ0n) is 18.2. The van der Waals surface area contributed by atoms with Crippen LogP contribution in [0.5, 0.6) is 5.95 Å². The Morgan fingerprint density at radius 3 is 2.75 bits per heavy atom. The molecule has 8 heteroatoms. The molecule has 1 aliphatic rings. The minimum absolute atomic E-state index is 0.174. The molecule has 0 bridgehead atoms. The van der Waals surface area contributed by atoms with Gasteiger partial charge in [0.2, 0.25) is 5.69 Å². The first kappa shape index (κ1) is 20.6. The second-order valence-corrected chi connectivity index (χ2v) is 10.4. The summed E-state index contributed by atoms with van der Waals surface area (Å²) >= 11 is 1.21. The lowest BCUT2D eigenvalue weighted by Crippen LogP contribution is -2.39. The van der Waals surface area contributed by atoms with E-state index in [1.807, 2.05) is 6.07 Å². The second-order valence-electron chi connectivity index (χ2n) is 9.38. The highest BCUT2D eigenvalue weighted by atomic mass is 32.1. The fourth-order valence-electron chi connectivity index (χ4n) is 4.39. The summed E-state index contributed by atoms with van der Waals surface area (Å²) in [4.78, 5) is 19.2. The van der Waals surface area contributed by atoms with E-state index in [4.69, 9.17) is 15.2 Å². The Labute approximate surface area is 189 Å². The van der Waals surface area contributed by atoms with Crippen molar-refractivity contribution < 1.29 is 19.1 Å². The SMILES string of the molecule is CC(C)(C)C1CCc2nc3sc(C(=O)c4c([O-])on[n+]4-c4ccccc4)c(N)c3cc2C1. The highest BCUT2D eigenvalue weighted by Gasteiger charge is 2.33. The van der Waals surface area contributed by atoms with Crippen LogP contribution in [0.25, 0.3) is 15.9 Å². The van der Waals surface area contributed by atoms with Gasteiger partial charge in [0.25, 0.3) is 5.78 Å². The van der Waals surface area contributed by atoms with Crippen molar-refractivity contribution in [1.82, 2.24) is 10.3 Å². The van der Waals surface area contributed by atoms with Crippen molar-refractivity contribution in [2.45, 2.75) is 40.0 Å². The number of aryl methyl sites for hydroxylation is 1. The molecule has 1 aromatic carbocycles. The van der Waals surface area contributed by atoms with Crippen LogP contribution in [0.15, 0.2) is 40.9 Å². The molecule has 1 unspecified atom stereocenters. The summed E-state index contributed by atoms with van der Waals surface area (Å²) < 4.78 is 6.04. The van der Waals surface area contributed by atoms with Crippen LogP contribution in [0.3, 0.4) is 0 Å². The maximum absolute atomic E-state index is 13.4. The molecule has 0 saturated carbocycles. The fraction of sp³-hybridized carbons (Fsp3) is 0.333. The summed E-state index contributed by atoms with van der Waals surface area (Å²) in [7, 11) is 0. The molecule has 0 radical (unpaired) electrons. The lowest BCUT2D eigenvalue weighted by atomic mass is 9.71. The van der Waals surface area contributed by atoms with Crippen LogP contribution in [-0.2, 0) is 12.8 Å². The number of carbonyl (C=O) groups excluding carboxylic acids is 1. The maximum Gasteiger partial charge on any atom is 0.312 e. The molecule has 0 amide bonds. The Morgan fingerprint density at radius 1 is 1.28 bits per heavy atom. The van der Waals surface area contributed by atoms with Gasteiger partial charge in [-0.3, -0.25) is 4.79 Å². The standard InChI is InChI=1S/C24H24N4O3S/c1-24(2,3)14-9-10-17-13(11-14)12-16-18(25)21(32-22(16)26-17)20(29)19-23(30)31-27-28(19)15-7-5-4-6-8-15/h4-8,12,14H,9-11H2,1-3H3,(H2-,25,27,29,30). The third-order valence-corrected chi connectivity index (χ3v) is 7.46. The summed E-state index contributed by atoms with van der Waals surface area (Å²) in [5, 5.41) is 16.9. The van der Waals surface area contributed by atoms with Gasteiger partial charge in [-0.2, -0.15) is 0 Å². The summed E-state index contributed by atoms with van der Waals surface area (Å²) in [6.07, 6.45) is 2.96. The Kier molecular flexibility index (Phi) is 4.78. The van der Waals surface area contributed by atoms with E-state index in [0.29, 0.717) is 22.1 Å². The van der Waals surface area contributed by atoms with Crippen LogP contribution < -0.4 is 15.5 Å². The van der Waals surface area contributed by atoms with E-state index in [1.165, 1.54) is 21.6 Å². The van der Waals surface area contributed by atoms with Crippen LogP contribution in [0.2, 0.25) is 0 Å². The molecule has 1 aliphatic carbocycles. The highest BCUT2D eigenvalue weighted by molar-refractivity contribution is 7.21. The van der Waals surface area contributed by atoms with Gasteiger partial charge in [-0.1, -0.05) is 39.0 Å². The fourth-order valence-corrected chi connectivity index (χ4v) is 5.43. The van der Waals surface area contributed by atoms with Crippen LogP contribution in [0.4, 0.5) is 5.69 Å². The van der Waals surface area contributed by atoms with Gasteiger partial charge in [0.15, 0.2) is 5.95 Å². The van der Waals surface area contributed by atoms with Gasteiger partial charge >= 0.3 is 5.69 Å². The molecule has 7 nitrogen and oxygen atoms in total. The van der Waals surface area contributed by atoms with E-state index >= 15 is 0 Å². The number of nitrogens with two attached hydrogens (primary N) is 1. The minimum atomic E-state index is -0.795. The smallest absolute Gasteiger partial charge is 0.312 e. The predicted octanol–water partition coefficient (Wildman–Crippen LogP) is 3.60. The molecule has 0 saturated heterocycles. The first-order chi connectivity index (χ1) is 15.2. The molecule has 32 heavy (non-hydrogen) atoms.